The lowest BCUT2D eigenvalue weighted by atomic mass is 10.1. The molecular weight excluding hydrogens is 330 g/mol. The van der Waals surface area contributed by atoms with E-state index in [-0.39, 0.29) is 5.56 Å². The standard InChI is InChI=1S/C20H13N3OS/c21-11-14-6-8-15(9-7-14)12-23-13-22-17-10-18(25-19(17)20(23)24)16-4-2-1-3-5-16/h1-10,13H,12H2. The molecule has 2 aromatic carbocycles. The van der Waals surface area contributed by atoms with Gasteiger partial charge >= 0.3 is 0 Å². The summed E-state index contributed by atoms with van der Waals surface area (Å²) in [6.45, 7) is 0.437. The van der Waals surface area contributed by atoms with Crippen molar-refractivity contribution in [3.05, 3.63) is 88.5 Å². The highest BCUT2D eigenvalue weighted by molar-refractivity contribution is 7.22. The van der Waals surface area contributed by atoms with E-state index < -0.39 is 0 Å². The zero-order valence-corrected chi connectivity index (χ0v) is 14.0. The van der Waals surface area contributed by atoms with Gasteiger partial charge in [-0.2, -0.15) is 5.26 Å². The van der Waals surface area contributed by atoms with Gasteiger partial charge in [0.2, 0.25) is 0 Å². The Balaban J connectivity index is 1.72. The molecular formula is C20H13N3OS. The Morgan fingerprint density at radius 1 is 1.08 bits per heavy atom. The zero-order chi connectivity index (χ0) is 17.2. The SMILES string of the molecule is N#Cc1ccc(Cn2cnc3cc(-c4ccccc4)sc3c2=O)cc1. The molecule has 0 saturated carbocycles. The van der Waals surface area contributed by atoms with Gasteiger partial charge in [0.1, 0.15) is 4.70 Å². The van der Waals surface area contributed by atoms with Crippen molar-refractivity contribution < 1.29 is 0 Å². The van der Waals surface area contributed by atoms with Crippen molar-refractivity contribution in [3.8, 4) is 16.5 Å². The number of nitriles is 1. The topological polar surface area (TPSA) is 58.7 Å². The second-order valence-electron chi connectivity index (χ2n) is 5.68. The van der Waals surface area contributed by atoms with Gasteiger partial charge in [-0.25, -0.2) is 4.98 Å². The van der Waals surface area contributed by atoms with E-state index in [9.17, 15) is 4.79 Å². The Morgan fingerprint density at radius 3 is 2.56 bits per heavy atom. The molecule has 0 aliphatic rings. The summed E-state index contributed by atoms with van der Waals surface area (Å²) in [6, 6.07) is 21.3. The fraction of sp³-hybridized carbons (Fsp3) is 0.0500. The Morgan fingerprint density at radius 2 is 1.84 bits per heavy atom. The van der Waals surface area contributed by atoms with Crippen LogP contribution in [0.3, 0.4) is 0 Å². The summed E-state index contributed by atoms with van der Waals surface area (Å²) in [5.41, 5.74) is 3.34. The van der Waals surface area contributed by atoms with Crippen molar-refractivity contribution >= 4 is 21.6 Å². The van der Waals surface area contributed by atoms with E-state index in [1.54, 1.807) is 23.0 Å². The molecule has 4 nitrogen and oxygen atoms in total. The van der Waals surface area contributed by atoms with Crippen LogP contribution in [0.2, 0.25) is 0 Å². The third-order valence-electron chi connectivity index (χ3n) is 4.00. The molecule has 0 N–H and O–H groups in total. The van der Waals surface area contributed by atoms with Gasteiger partial charge in [0.25, 0.3) is 5.56 Å². The largest absolute Gasteiger partial charge is 0.294 e. The summed E-state index contributed by atoms with van der Waals surface area (Å²) in [5.74, 6) is 0. The maximum atomic E-state index is 12.8. The fourth-order valence-electron chi connectivity index (χ4n) is 2.68. The Labute approximate surface area is 148 Å². The van der Waals surface area contributed by atoms with Gasteiger partial charge in [0.15, 0.2) is 0 Å². The minimum Gasteiger partial charge on any atom is -0.294 e. The molecule has 0 fully saturated rings. The Hall–Kier alpha value is -3.23. The monoisotopic (exact) mass is 343 g/mol. The molecule has 0 spiro atoms. The van der Waals surface area contributed by atoms with Gasteiger partial charge in [0, 0.05) is 4.88 Å². The first-order valence-corrected chi connectivity index (χ1v) is 8.60. The second kappa shape index (κ2) is 6.34. The molecule has 0 aliphatic heterocycles. The quantitative estimate of drug-likeness (QED) is 0.564. The molecule has 0 aliphatic carbocycles. The summed E-state index contributed by atoms with van der Waals surface area (Å²) < 4.78 is 2.27. The Kier molecular flexibility index (Phi) is 3.88. The van der Waals surface area contributed by atoms with Crippen LogP contribution in [0.5, 0.6) is 0 Å². The van der Waals surface area contributed by atoms with Gasteiger partial charge in [-0.1, -0.05) is 42.5 Å². The highest BCUT2D eigenvalue weighted by Gasteiger charge is 2.10. The molecule has 0 unspecified atom stereocenters. The molecule has 0 bridgehead atoms. The number of fused-ring (bicyclic) bond motifs is 1. The van der Waals surface area contributed by atoms with Crippen molar-refractivity contribution in [3.63, 3.8) is 0 Å². The van der Waals surface area contributed by atoms with Gasteiger partial charge in [-0.3, -0.25) is 9.36 Å². The lowest BCUT2D eigenvalue weighted by Gasteiger charge is -2.05. The lowest BCUT2D eigenvalue weighted by Crippen LogP contribution is -2.20. The van der Waals surface area contributed by atoms with Crippen LogP contribution in [0.15, 0.2) is 71.8 Å². The predicted molar refractivity (Wildman–Crippen MR) is 99.6 cm³/mol. The molecule has 2 heterocycles. The first-order chi connectivity index (χ1) is 12.2. The molecule has 5 heteroatoms. The van der Waals surface area contributed by atoms with Crippen molar-refractivity contribution in [2.24, 2.45) is 0 Å². The van der Waals surface area contributed by atoms with E-state index in [1.165, 1.54) is 11.3 Å². The second-order valence-corrected chi connectivity index (χ2v) is 6.73. The van der Waals surface area contributed by atoms with E-state index in [1.807, 2.05) is 48.5 Å². The van der Waals surface area contributed by atoms with Crippen LogP contribution in [-0.4, -0.2) is 9.55 Å². The summed E-state index contributed by atoms with van der Waals surface area (Å²) in [4.78, 5) is 18.3. The average Bonchev–Trinajstić information content (AvgIpc) is 3.11. The van der Waals surface area contributed by atoms with Gasteiger partial charge in [-0.05, 0) is 29.3 Å². The highest BCUT2D eigenvalue weighted by atomic mass is 32.1. The number of rotatable bonds is 3. The minimum absolute atomic E-state index is 0.0402. The lowest BCUT2D eigenvalue weighted by molar-refractivity contribution is 0.750. The van der Waals surface area contributed by atoms with E-state index in [4.69, 9.17) is 5.26 Å². The van der Waals surface area contributed by atoms with Crippen LogP contribution in [0.25, 0.3) is 20.7 Å². The molecule has 0 atom stereocenters. The van der Waals surface area contributed by atoms with Gasteiger partial charge in [-0.15, -0.1) is 11.3 Å². The van der Waals surface area contributed by atoms with E-state index in [0.29, 0.717) is 16.8 Å². The molecule has 0 radical (unpaired) electrons. The first-order valence-electron chi connectivity index (χ1n) is 7.78. The number of hydrogen-bond donors (Lipinski definition) is 0. The summed E-state index contributed by atoms with van der Waals surface area (Å²) >= 11 is 1.47. The summed E-state index contributed by atoms with van der Waals surface area (Å²) in [7, 11) is 0. The van der Waals surface area contributed by atoms with Crippen molar-refractivity contribution in [2.45, 2.75) is 6.54 Å². The molecule has 120 valence electrons. The maximum absolute atomic E-state index is 12.8. The third-order valence-corrected chi connectivity index (χ3v) is 5.16. The van der Waals surface area contributed by atoms with Crippen LogP contribution in [-0.2, 0) is 6.54 Å². The number of aromatic nitrogens is 2. The molecule has 2 aromatic heterocycles. The zero-order valence-electron chi connectivity index (χ0n) is 13.2. The minimum atomic E-state index is -0.0402. The summed E-state index contributed by atoms with van der Waals surface area (Å²) in [6.07, 6.45) is 1.59. The van der Waals surface area contributed by atoms with Crippen molar-refractivity contribution in [1.82, 2.24) is 9.55 Å². The average molecular weight is 343 g/mol. The van der Waals surface area contributed by atoms with E-state index >= 15 is 0 Å². The van der Waals surface area contributed by atoms with Gasteiger partial charge < -0.3 is 0 Å². The van der Waals surface area contributed by atoms with Crippen LogP contribution in [0.1, 0.15) is 11.1 Å². The van der Waals surface area contributed by atoms with Crippen LogP contribution >= 0.6 is 11.3 Å². The van der Waals surface area contributed by atoms with E-state index in [2.05, 4.69) is 11.1 Å². The summed E-state index contributed by atoms with van der Waals surface area (Å²) in [5, 5.41) is 8.86. The normalized spacial score (nSPS) is 10.7. The van der Waals surface area contributed by atoms with E-state index in [0.717, 1.165) is 21.5 Å². The van der Waals surface area contributed by atoms with Crippen LogP contribution < -0.4 is 5.56 Å². The smallest absolute Gasteiger partial charge is 0.271 e. The molecule has 4 aromatic rings. The molecule has 0 saturated heterocycles. The van der Waals surface area contributed by atoms with Crippen LogP contribution in [0, 0.1) is 11.3 Å². The molecule has 4 rings (SSSR count). The highest BCUT2D eigenvalue weighted by Crippen LogP contribution is 2.30. The molecule has 0 amide bonds. The first kappa shape index (κ1) is 15.3. The Bertz CT molecular complexity index is 1140. The predicted octanol–water partition coefficient (Wildman–Crippen LogP) is 4.04. The third kappa shape index (κ3) is 2.95. The fourth-order valence-corrected chi connectivity index (χ4v) is 3.75. The number of benzene rings is 2. The maximum Gasteiger partial charge on any atom is 0.271 e. The number of nitrogens with zero attached hydrogens (tertiary/aromatic N) is 3. The van der Waals surface area contributed by atoms with Gasteiger partial charge in [0.05, 0.1) is 30.0 Å². The number of hydrogen-bond acceptors (Lipinski definition) is 4. The number of thiophene rings is 1. The van der Waals surface area contributed by atoms with Crippen LogP contribution in [0.4, 0.5) is 0 Å². The molecule has 25 heavy (non-hydrogen) atoms. The van der Waals surface area contributed by atoms with Crippen molar-refractivity contribution in [1.29, 1.82) is 5.26 Å². The van der Waals surface area contributed by atoms with Crippen molar-refractivity contribution in [2.75, 3.05) is 0 Å².